The third-order valence-electron chi connectivity index (χ3n) is 3.79. The quantitative estimate of drug-likeness (QED) is 0.715. The van der Waals surface area contributed by atoms with E-state index in [1.54, 1.807) is 0 Å². The molecule has 0 spiro atoms. The molecule has 1 aliphatic heterocycles. The van der Waals surface area contributed by atoms with Gasteiger partial charge in [0.15, 0.2) is 0 Å². The summed E-state index contributed by atoms with van der Waals surface area (Å²) in [6, 6.07) is 0. The Balaban J connectivity index is 1.72. The molecule has 2 heteroatoms. The minimum Gasteiger partial charge on any atom is -0.368 e. The summed E-state index contributed by atoms with van der Waals surface area (Å²) in [6.45, 7) is 3.31. The van der Waals surface area contributed by atoms with E-state index in [9.17, 15) is 0 Å². The summed E-state index contributed by atoms with van der Waals surface area (Å²) in [5.74, 6) is 0.965. The van der Waals surface area contributed by atoms with Gasteiger partial charge in [-0.1, -0.05) is 39.0 Å². The van der Waals surface area contributed by atoms with E-state index in [-0.39, 0.29) is 0 Å². The average Bonchev–Trinajstić information content (AvgIpc) is 2.31. The van der Waals surface area contributed by atoms with Crippen molar-refractivity contribution in [1.82, 2.24) is 0 Å². The van der Waals surface area contributed by atoms with Gasteiger partial charge in [-0.3, -0.25) is 0 Å². The molecule has 1 heterocycles. The second-order valence-corrected chi connectivity index (χ2v) is 6.46. The number of thioether (sulfide) groups is 1. The van der Waals surface area contributed by atoms with Crippen molar-refractivity contribution in [2.24, 2.45) is 5.92 Å². The molecular weight excluding hydrogens is 204 g/mol. The highest BCUT2D eigenvalue weighted by molar-refractivity contribution is 8.00. The first-order valence-corrected chi connectivity index (χ1v) is 7.60. The van der Waals surface area contributed by atoms with Crippen molar-refractivity contribution in [1.29, 1.82) is 0 Å². The van der Waals surface area contributed by atoms with Crippen LogP contribution in [0.5, 0.6) is 0 Å². The summed E-state index contributed by atoms with van der Waals surface area (Å²) in [5, 5.41) is 0.868. The molecule has 1 saturated carbocycles. The summed E-state index contributed by atoms with van der Waals surface area (Å²) in [6.07, 6.45) is 11.2. The van der Waals surface area contributed by atoms with E-state index >= 15 is 0 Å². The Hall–Kier alpha value is 0.310. The molecule has 0 N–H and O–H groups in total. The first-order chi connectivity index (χ1) is 7.38. The molecule has 2 fully saturated rings. The lowest BCUT2D eigenvalue weighted by Crippen LogP contribution is -2.25. The Morgan fingerprint density at radius 2 is 1.93 bits per heavy atom. The highest BCUT2D eigenvalue weighted by Gasteiger charge is 2.25. The van der Waals surface area contributed by atoms with Crippen molar-refractivity contribution in [3.8, 4) is 0 Å². The second-order valence-electron chi connectivity index (χ2n) is 5.00. The Morgan fingerprint density at radius 1 is 1.13 bits per heavy atom. The van der Waals surface area contributed by atoms with Crippen LogP contribution >= 0.6 is 11.8 Å². The molecule has 0 aromatic rings. The Kier molecular flexibility index (Phi) is 4.83. The van der Waals surface area contributed by atoms with E-state index in [0.29, 0.717) is 5.44 Å². The van der Waals surface area contributed by atoms with Crippen LogP contribution in [0.1, 0.15) is 58.3 Å². The maximum absolute atomic E-state index is 5.88. The zero-order valence-electron chi connectivity index (χ0n) is 9.91. The largest absolute Gasteiger partial charge is 0.368 e. The van der Waals surface area contributed by atoms with Gasteiger partial charge in [-0.25, -0.2) is 0 Å². The highest BCUT2D eigenvalue weighted by atomic mass is 32.2. The van der Waals surface area contributed by atoms with Gasteiger partial charge >= 0.3 is 0 Å². The van der Waals surface area contributed by atoms with Gasteiger partial charge in [0.25, 0.3) is 0 Å². The zero-order valence-corrected chi connectivity index (χ0v) is 10.7. The van der Waals surface area contributed by atoms with Gasteiger partial charge in [0.1, 0.15) is 5.44 Å². The number of hydrogen-bond acceptors (Lipinski definition) is 2. The smallest absolute Gasteiger partial charge is 0.103 e. The fourth-order valence-electron chi connectivity index (χ4n) is 2.77. The molecule has 15 heavy (non-hydrogen) atoms. The minimum absolute atomic E-state index is 0.520. The molecule has 1 saturated heterocycles. The van der Waals surface area contributed by atoms with Gasteiger partial charge in [0, 0.05) is 11.9 Å². The molecular formula is C13H24OS. The Morgan fingerprint density at radius 3 is 2.67 bits per heavy atom. The van der Waals surface area contributed by atoms with E-state index in [0.717, 1.165) is 17.8 Å². The molecule has 0 amide bonds. The molecule has 2 rings (SSSR count). The van der Waals surface area contributed by atoms with Crippen LogP contribution in [-0.2, 0) is 4.74 Å². The van der Waals surface area contributed by atoms with Crippen LogP contribution in [0.3, 0.4) is 0 Å². The van der Waals surface area contributed by atoms with Crippen molar-refractivity contribution in [3.05, 3.63) is 0 Å². The van der Waals surface area contributed by atoms with Crippen LogP contribution in [0, 0.1) is 5.92 Å². The monoisotopic (exact) mass is 228 g/mol. The highest BCUT2D eigenvalue weighted by Crippen LogP contribution is 2.36. The third-order valence-corrected chi connectivity index (χ3v) is 5.38. The summed E-state index contributed by atoms with van der Waals surface area (Å²) < 4.78 is 5.88. The maximum atomic E-state index is 5.88. The predicted octanol–water partition coefficient (Wildman–Crippen LogP) is 4.22. The fourth-order valence-corrected chi connectivity index (χ4v) is 4.18. The molecule has 1 nitrogen and oxygen atoms in total. The number of hydrogen-bond donors (Lipinski definition) is 0. The first-order valence-electron chi connectivity index (χ1n) is 6.65. The summed E-state index contributed by atoms with van der Waals surface area (Å²) in [7, 11) is 0. The number of ether oxygens (including phenoxy) is 1. The normalized spacial score (nSPS) is 34.2. The van der Waals surface area contributed by atoms with Gasteiger partial charge in [-0.2, -0.15) is 0 Å². The van der Waals surface area contributed by atoms with Gasteiger partial charge in [-0.15, -0.1) is 11.8 Å². The van der Waals surface area contributed by atoms with E-state index in [1.165, 1.54) is 51.4 Å². The molecule has 2 unspecified atom stereocenters. The molecule has 0 aromatic heterocycles. The SMILES string of the molecule is CCC1CCOC(CC2CCCCC2)S1. The molecule has 0 radical (unpaired) electrons. The first kappa shape index (κ1) is 11.8. The topological polar surface area (TPSA) is 9.23 Å². The lowest BCUT2D eigenvalue weighted by atomic mass is 9.87. The Bertz CT molecular complexity index is 177. The summed E-state index contributed by atoms with van der Waals surface area (Å²) >= 11 is 2.10. The summed E-state index contributed by atoms with van der Waals surface area (Å²) in [5.41, 5.74) is 0.520. The van der Waals surface area contributed by atoms with Crippen molar-refractivity contribution >= 4 is 11.8 Å². The van der Waals surface area contributed by atoms with Crippen LogP contribution < -0.4 is 0 Å². The minimum atomic E-state index is 0.520. The second kappa shape index (κ2) is 6.15. The standard InChI is InChI=1S/C13H24OS/c1-2-12-8-9-14-13(15-12)10-11-6-4-3-5-7-11/h11-13H,2-10H2,1H3. The van der Waals surface area contributed by atoms with Crippen LogP contribution in [0.2, 0.25) is 0 Å². The van der Waals surface area contributed by atoms with Crippen LogP contribution in [0.15, 0.2) is 0 Å². The van der Waals surface area contributed by atoms with Crippen molar-refractivity contribution in [2.75, 3.05) is 6.61 Å². The average molecular weight is 228 g/mol. The third kappa shape index (κ3) is 3.67. The zero-order chi connectivity index (χ0) is 10.5. The van der Waals surface area contributed by atoms with E-state index in [2.05, 4.69) is 18.7 Å². The van der Waals surface area contributed by atoms with E-state index in [4.69, 9.17) is 4.74 Å². The van der Waals surface area contributed by atoms with Crippen molar-refractivity contribution in [2.45, 2.75) is 69.0 Å². The molecule has 0 aromatic carbocycles. The maximum Gasteiger partial charge on any atom is 0.103 e. The summed E-state index contributed by atoms with van der Waals surface area (Å²) in [4.78, 5) is 0. The van der Waals surface area contributed by atoms with Crippen LogP contribution in [0.4, 0.5) is 0 Å². The Labute approximate surface area is 98.3 Å². The molecule has 88 valence electrons. The van der Waals surface area contributed by atoms with Gasteiger partial charge < -0.3 is 4.74 Å². The lowest BCUT2D eigenvalue weighted by molar-refractivity contribution is 0.0777. The van der Waals surface area contributed by atoms with Crippen molar-refractivity contribution < 1.29 is 4.74 Å². The van der Waals surface area contributed by atoms with Gasteiger partial charge in [0.2, 0.25) is 0 Å². The number of rotatable bonds is 3. The molecule has 2 atom stereocenters. The van der Waals surface area contributed by atoms with Crippen LogP contribution in [-0.4, -0.2) is 17.3 Å². The molecule has 0 bridgehead atoms. The predicted molar refractivity (Wildman–Crippen MR) is 67.2 cm³/mol. The van der Waals surface area contributed by atoms with Gasteiger partial charge in [-0.05, 0) is 25.2 Å². The van der Waals surface area contributed by atoms with Gasteiger partial charge in [0.05, 0.1) is 0 Å². The molecule has 1 aliphatic carbocycles. The molecule has 2 aliphatic rings. The van der Waals surface area contributed by atoms with E-state index < -0.39 is 0 Å². The fraction of sp³-hybridized carbons (Fsp3) is 1.00. The van der Waals surface area contributed by atoms with E-state index in [1.807, 2.05) is 0 Å². The van der Waals surface area contributed by atoms with Crippen molar-refractivity contribution in [3.63, 3.8) is 0 Å². The lowest BCUT2D eigenvalue weighted by Gasteiger charge is -2.32. The van der Waals surface area contributed by atoms with Crippen LogP contribution in [0.25, 0.3) is 0 Å².